The lowest BCUT2D eigenvalue weighted by Crippen LogP contribution is -1.98. The van der Waals surface area contributed by atoms with Crippen LogP contribution in [0.2, 0.25) is 0 Å². The van der Waals surface area contributed by atoms with Crippen LogP contribution < -0.4 is 10.4 Å². The highest BCUT2D eigenvalue weighted by Gasteiger charge is 2.04. The second-order valence-corrected chi connectivity index (χ2v) is 4.32. The maximum atomic E-state index is 11.7. The quantitative estimate of drug-likeness (QED) is 0.611. The number of hydrogen-bond acceptors (Lipinski definition) is 3. The Bertz CT molecular complexity index is 792. The average Bonchev–Trinajstić information content (AvgIpc) is 2.50. The SMILES string of the molecule is C=C/C=C(C=C)/C=C\c1cc(=O)oc2cc(OC)ccc12. The monoisotopic (exact) mass is 280 g/mol. The van der Waals surface area contributed by atoms with Crippen molar-refractivity contribution in [2.24, 2.45) is 0 Å². The van der Waals surface area contributed by atoms with Gasteiger partial charge < -0.3 is 9.15 Å². The van der Waals surface area contributed by atoms with Crippen LogP contribution in [0.3, 0.4) is 0 Å². The maximum absolute atomic E-state index is 11.7. The normalized spacial score (nSPS) is 11.8. The zero-order chi connectivity index (χ0) is 15.2. The van der Waals surface area contributed by atoms with E-state index in [2.05, 4.69) is 13.2 Å². The highest BCUT2D eigenvalue weighted by atomic mass is 16.5. The van der Waals surface area contributed by atoms with Crippen LogP contribution in [0.1, 0.15) is 5.56 Å². The van der Waals surface area contributed by atoms with Crippen LogP contribution in [0.4, 0.5) is 0 Å². The van der Waals surface area contributed by atoms with Gasteiger partial charge in [-0.2, -0.15) is 0 Å². The van der Waals surface area contributed by atoms with E-state index in [0.717, 1.165) is 16.5 Å². The molecule has 0 radical (unpaired) electrons. The largest absolute Gasteiger partial charge is 0.497 e. The predicted molar refractivity (Wildman–Crippen MR) is 86.5 cm³/mol. The van der Waals surface area contributed by atoms with E-state index in [-0.39, 0.29) is 0 Å². The number of ether oxygens (including phenoxy) is 1. The summed E-state index contributed by atoms with van der Waals surface area (Å²) in [6.45, 7) is 7.38. The summed E-state index contributed by atoms with van der Waals surface area (Å²) in [7, 11) is 1.57. The summed E-state index contributed by atoms with van der Waals surface area (Å²) in [5, 5.41) is 0.841. The van der Waals surface area contributed by atoms with Gasteiger partial charge in [0.05, 0.1) is 7.11 Å². The lowest BCUT2D eigenvalue weighted by atomic mass is 10.1. The van der Waals surface area contributed by atoms with Gasteiger partial charge in [0.2, 0.25) is 0 Å². The molecule has 0 saturated carbocycles. The molecule has 2 rings (SSSR count). The first-order valence-corrected chi connectivity index (χ1v) is 6.43. The Balaban J connectivity index is 2.56. The molecule has 2 aromatic rings. The van der Waals surface area contributed by atoms with Crippen molar-refractivity contribution in [3.8, 4) is 5.75 Å². The maximum Gasteiger partial charge on any atom is 0.336 e. The molecule has 0 aliphatic rings. The molecule has 0 aliphatic heterocycles. The highest BCUT2D eigenvalue weighted by molar-refractivity contribution is 5.87. The minimum Gasteiger partial charge on any atom is -0.497 e. The molecule has 1 aromatic heterocycles. The molecule has 0 fully saturated rings. The van der Waals surface area contributed by atoms with Gasteiger partial charge in [-0.25, -0.2) is 4.79 Å². The van der Waals surface area contributed by atoms with Gasteiger partial charge >= 0.3 is 5.63 Å². The van der Waals surface area contributed by atoms with E-state index >= 15 is 0 Å². The molecule has 21 heavy (non-hydrogen) atoms. The van der Waals surface area contributed by atoms with Crippen LogP contribution in [0.25, 0.3) is 17.0 Å². The molecule has 3 nitrogen and oxygen atoms in total. The number of benzene rings is 1. The summed E-state index contributed by atoms with van der Waals surface area (Å²) in [5.74, 6) is 0.644. The van der Waals surface area contributed by atoms with Crippen LogP contribution in [0, 0.1) is 0 Å². The standard InChI is InChI=1S/C18H16O3/c1-4-6-13(5-2)7-8-14-11-18(19)21-17-12-15(20-3)9-10-16(14)17/h4-12H,1-2H2,3H3/b8-7-,13-6+. The molecule has 3 heteroatoms. The Labute approximate surface area is 123 Å². The smallest absolute Gasteiger partial charge is 0.336 e. The Kier molecular flexibility index (Phi) is 4.57. The molecular weight excluding hydrogens is 264 g/mol. The molecule has 0 atom stereocenters. The minimum absolute atomic E-state index is 0.400. The Morgan fingerprint density at radius 3 is 2.76 bits per heavy atom. The van der Waals surface area contributed by atoms with Crippen molar-refractivity contribution < 1.29 is 9.15 Å². The molecular formula is C18H16O3. The molecule has 0 saturated heterocycles. The Morgan fingerprint density at radius 1 is 1.29 bits per heavy atom. The number of methoxy groups -OCH3 is 1. The van der Waals surface area contributed by atoms with E-state index in [1.54, 1.807) is 25.3 Å². The van der Waals surface area contributed by atoms with E-state index in [0.29, 0.717) is 11.3 Å². The highest BCUT2D eigenvalue weighted by Crippen LogP contribution is 2.23. The van der Waals surface area contributed by atoms with Crippen molar-refractivity contribution in [3.63, 3.8) is 0 Å². The summed E-state index contributed by atoms with van der Waals surface area (Å²) in [4.78, 5) is 11.7. The van der Waals surface area contributed by atoms with Crippen LogP contribution in [-0.4, -0.2) is 7.11 Å². The first-order valence-electron chi connectivity index (χ1n) is 6.43. The first-order chi connectivity index (χ1) is 10.2. The average molecular weight is 280 g/mol. The minimum atomic E-state index is -0.400. The van der Waals surface area contributed by atoms with Crippen molar-refractivity contribution in [1.29, 1.82) is 0 Å². The summed E-state index contributed by atoms with van der Waals surface area (Å²) in [6, 6.07) is 6.84. The van der Waals surface area contributed by atoms with Crippen molar-refractivity contribution in [2.45, 2.75) is 0 Å². The summed E-state index contributed by atoms with van der Waals surface area (Å²) in [5.41, 5.74) is 1.78. The number of rotatable bonds is 5. The summed E-state index contributed by atoms with van der Waals surface area (Å²) in [6.07, 6.45) is 8.95. The zero-order valence-corrected chi connectivity index (χ0v) is 11.8. The predicted octanol–water partition coefficient (Wildman–Crippen LogP) is 4.11. The zero-order valence-electron chi connectivity index (χ0n) is 11.8. The third-order valence-corrected chi connectivity index (χ3v) is 2.99. The van der Waals surface area contributed by atoms with Crippen molar-refractivity contribution in [2.75, 3.05) is 7.11 Å². The molecule has 1 aromatic carbocycles. The lowest BCUT2D eigenvalue weighted by molar-refractivity contribution is 0.414. The van der Waals surface area contributed by atoms with Crippen LogP contribution in [0.15, 0.2) is 76.5 Å². The fraction of sp³-hybridized carbons (Fsp3) is 0.0556. The Morgan fingerprint density at radius 2 is 2.10 bits per heavy atom. The second kappa shape index (κ2) is 6.57. The summed E-state index contributed by atoms with van der Waals surface area (Å²) >= 11 is 0. The van der Waals surface area contributed by atoms with Crippen LogP contribution in [-0.2, 0) is 0 Å². The van der Waals surface area contributed by atoms with Crippen molar-refractivity contribution in [3.05, 3.63) is 83.3 Å². The molecule has 1 heterocycles. The number of allylic oxidation sites excluding steroid dienone is 5. The van der Waals surface area contributed by atoms with Gasteiger partial charge in [0, 0.05) is 17.5 Å². The van der Waals surface area contributed by atoms with Gasteiger partial charge in [0.1, 0.15) is 11.3 Å². The molecule has 0 N–H and O–H groups in total. The van der Waals surface area contributed by atoms with E-state index < -0.39 is 5.63 Å². The topological polar surface area (TPSA) is 39.4 Å². The van der Waals surface area contributed by atoms with Gasteiger partial charge in [0.25, 0.3) is 0 Å². The van der Waals surface area contributed by atoms with Gasteiger partial charge in [-0.3, -0.25) is 0 Å². The third-order valence-electron chi connectivity index (χ3n) is 2.99. The fourth-order valence-electron chi connectivity index (χ4n) is 1.95. The fourth-order valence-corrected chi connectivity index (χ4v) is 1.95. The molecule has 0 bridgehead atoms. The summed E-state index contributed by atoms with van der Waals surface area (Å²) < 4.78 is 10.3. The Hall–Kier alpha value is -2.81. The van der Waals surface area contributed by atoms with Crippen LogP contribution in [0.5, 0.6) is 5.75 Å². The van der Waals surface area contributed by atoms with E-state index in [1.807, 2.05) is 30.4 Å². The van der Waals surface area contributed by atoms with Crippen molar-refractivity contribution >= 4 is 17.0 Å². The van der Waals surface area contributed by atoms with E-state index in [4.69, 9.17) is 9.15 Å². The lowest BCUT2D eigenvalue weighted by Gasteiger charge is -2.04. The molecule has 0 unspecified atom stereocenters. The second-order valence-electron chi connectivity index (χ2n) is 4.32. The number of hydrogen-bond donors (Lipinski definition) is 0. The van der Waals surface area contributed by atoms with Crippen molar-refractivity contribution in [1.82, 2.24) is 0 Å². The van der Waals surface area contributed by atoms with Gasteiger partial charge in [-0.05, 0) is 23.3 Å². The van der Waals surface area contributed by atoms with Crippen LogP contribution >= 0.6 is 0 Å². The number of fused-ring (bicyclic) bond motifs is 1. The molecule has 0 amide bonds. The third kappa shape index (κ3) is 3.39. The van der Waals surface area contributed by atoms with E-state index in [1.165, 1.54) is 6.07 Å². The molecule has 0 spiro atoms. The van der Waals surface area contributed by atoms with E-state index in [9.17, 15) is 4.79 Å². The molecule has 106 valence electrons. The first kappa shape index (κ1) is 14.6. The van der Waals surface area contributed by atoms with Gasteiger partial charge in [-0.15, -0.1) is 0 Å². The van der Waals surface area contributed by atoms with Gasteiger partial charge in [0.15, 0.2) is 0 Å². The van der Waals surface area contributed by atoms with Gasteiger partial charge in [-0.1, -0.05) is 43.5 Å². The molecule has 0 aliphatic carbocycles.